The number of carboxylic acids is 1. The SMILES string of the molecule is O=C(O)c1ccnc(-c2cnc(N3CC4(CC4)c4ccc(C(=O)N5CCOCC5)cc43)nc2)c1. The van der Waals surface area contributed by atoms with Crippen LogP contribution in [0, 0.1) is 0 Å². The van der Waals surface area contributed by atoms with Gasteiger partial charge in [0.25, 0.3) is 5.91 Å². The number of amides is 1. The Morgan fingerprint density at radius 1 is 0.971 bits per heavy atom. The molecule has 2 aliphatic heterocycles. The monoisotopic (exact) mass is 457 g/mol. The van der Waals surface area contributed by atoms with Gasteiger partial charge >= 0.3 is 5.97 Å². The van der Waals surface area contributed by atoms with E-state index in [0.717, 1.165) is 25.1 Å². The molecule has 3 aromatic rings. The van der Waals surface area contributed by atoms with Crippen LogP contribution >= 0.6 is 0 Å². The van der Waals surface area contributed by atoms with E-state index in [1.807, 2.05) is 17.0 Å². The molecule has 4 heterocycles. The van der Waals surface area contributed by atoms with Gasteiger partial charge in [-0.3, -0.25) is 9.78 Å². The molecule has 0 unspecified atom stereocenters. The van der Waals surface area contributed by atoms with Crippen molar-refractivity contribution >= 4 is 23.5 Å². The fraction of sp³-hybridized carbons (Fsp3) is 0.320. The van der Waals surface area contributed by atoms with Crippen LogP contribution in [0.3, 0.4) is 0 Å². The molecular formula is C25H23N5O4. The largest absolute Gasteiger partial charge is 0.478 e. The maximum absolute atomic E-state index is 13.1. The second-order valence-corrected chi connectivity index (χ2v) is 9.01. The number of anilines is 2. The minimum atomic E-state index is -1.01. The normalized spacial score (nSPS) is 18.1. The number of nitrogens with zero attached hydrogens (tertiary/aromatic N) is 5. The summed E-state index contributed by atoms with van der Waals surface area (Å²) in [6.07, 6.45) is 7.01. The van der Waals surface area contributed by atoms with Gasteiger partial charge in [0.05, 0.1) is 24.5 Å². The number of carboxylic acid groups (broad SMARTS) is 1. The Morgan fingerprint density at radius 3 is 2.44 bits per heavy atom. The fourth-order valence-corrected chi connectivity index (χ4v) is 4.83. The van der Waals surface area contributed by atoms with E-state index in [1.54, 1.807) is 12.4 Å². The molecule has 0 radical (unpaired) electrons. The number of aromatic nitrogens is 3. The summed E-state index contributed by atoms with van der Waals surface area (Å²) in [6.45, 7) is 3.12. The highest BCUT2D eigenvalue weighted by Crippen LogP contribution is 2.57. The summed E-state index contributed by atoms with van der Waals surface area (Å²) in [6, 6.07) is 8.95. The van der Waals surface area contributed by atoms with Gasteiger partial charge in [0, 0.05) is 60.5 Å². The number of carbonyl (C=O) groups excluding carboxylic acids is 1. The zero-order chi connectivity index (χ0) is 23.3. The first-order chi connectivity index (χ1) is 16.5. The van der Waals surface area contributed by atoms with Crippen molar-refractivity contribution in [3.63, 3.8) is 0 Å². The predicted molar refractivity (Wildman–Crippen MR) is 123 cm³/mol. The van der Waals surface area contributed by atoms with Crippen molar-refractivity contribution in [2.45, 2.75) is 18.3 Å². The fourth-order valence-electron chi connectivity index (χ4n) is 4.83. The Balaban J connectivity index is 1.31. The van der Waals surface area contributed by atoms with Crippen LogP contribution in [0.15, 0.2) is 48.9 Å². The second kappa shape index (κ2) is 7.88. The van der Waals surface area contributed by atoms with Gasteiger partial charge in [-0.25, -0.2) is 14.8 Å². The Hall–Kier alpha value is -3.85. The minimum absolute atomic E-state index is 0.0171. The first kappa shape index (κ1) is 20.7. The third-order valence-corrected chi connectivity index (χ3v) is 6.90. The number of fused-ring (bicyclic) bond motifs is 2. The minimum Gasteiger partial charge on any atom is -0.478 e. The Morgan fingerprint density at radius 2 is 1.74 bits per heavy atom. The number of pyridine rings is 1. The Kier molecular flexibility index (Phi) is 4.80. The number of rotatable bonds is 4. The topological polar surface area (TPSA) is 109 Å². The standard InChI is InChI=1S/C25H23N5O4/c31-22(29-7-9-34-10-8-29)16-1-2-19-21(12-16)30(15-25(19)4-5-25)24-27-13-18(14-28-24)20-11-17(23(32)33)3-6-26-20/h1-3,6,11-14H,4-5,7-10,15H2,(H,32,33). The number of ether oxygens (including phenoxy) is 1. The summed E-state index contributed by atoms with van der Waals surface area (Å²) in [4.78, 5) is 41.7. The van der Waals surface area contributed by atoms with Crippen molar-refractivity contribution in [3.05, 3.63) is 65.6 Å². The number of aromatic carboxylic acids is 1. The van der Waals surface area contributed by atoms with Crippen LogP contribution in [0.2, 0.25) is 0 Å². The number of hydrogen-bond acceptors (Lipinski definition) is 7. The average Bonchev–Trinajstić information content (AvgIpc) is 3.60. The summed E-state index contributed by atoms with van der Waals surface area (Å²) in [5.74, 6) is -0.436. The quantitative estimate of drug-likeness (QED) is 0.637. The van der Waals surface area contributed by atoms with Crippen LogP contribution in [0.1, 0.15) is 39.1 Å². The van der Waals surface area contributed by atoms with E-state index in [4.69, 9.17) is 4.74 Å². The highest BCUT2D eigenvalue weighted by molar-refractivity contribution is 5.96. The summed E-state index contributed by atoms with van der Waals surface area (Å²) < 4.78 is 5.38. The number of benzene rings is 1. The van der Waals surface area contributed by atoms with E-state index < -0.39 is 5.97 Å². The van der Waals surface area contributed by atoms with Crippen molar-refractivity contribution in [1.82, 2.24) is 19.9 Å². The van der Waals surface area contributed by atoms with E-state index in [0.29, 0.717) is 49.1 Å². The first-order valence-electron chi connectivity index (χ1n) is 11.3. The van der Waals surface area contributed by atoms with Gasteiger partial charge in [-0.1, -0.05) is 6.07 Å². The molecule has 1 aromatic carbocycles. The lowest BCUT2D eigenvalue weighted by Gasteiger charge is -2.27. The molecule has 2 aromatic heterocycles. The predicted octanol–water partition coefficient (Wildman–Crippen LogP) is 2.89. The van der Waals surface area contributed by atoms with E-state index in [-0.39, 0.29) is 16.9 Å². The summed E-state index contributed by atoms with van der Waals surface area (Å²) in [5, 5.41) is 9.24. The van der Waals surface area contributed by atoms with Gasteiger partial charge in [-0.05, 0) is 42.7 Å². The number of morpholine rings is 1. The van der Waals surface area contributed by atoms with Crippen LogP contribution in [0.25, 0.3) is 11.3 Å². The van der Waals surface area contributed by atoms with Crippen molar-refractivity contribution in [2.24, 2.45) is 0 Å². The molecule has 1 aliphatic carbocycles. The highest BCUT2D eigenvalue weighted by Gasteiger charge is 2.52. The summed E-state index contributed by atoms with van der Waals surface area (Å²) >= 11 is 0. The molecule has 0 atom stereocenters. The first-order valence-corrected chi connectivity index (χ1v) is 11.3. The van der Waals surface area contributed by atoms with E-state index >= 15 is 0 Å². The highest BCUT2D eigenvalue weighted by atomic mass is 16.5. The van der Waals surface area contributed by atoms with Gasteiger partial charge in [0.2, 0.25) is 5.95 Å². The lowest BCUT2D eigenvalue weighted by molar-refractivity contribution is 0.0303. The molecule has 9 heteroatoms. The van der Waals surface area contributed by atoms with Crippen LogP contribution < -0.4 is 4.90 Å². The molecule has 1 saturated heterocycles. The molecule has 0 bridgehead atoms. The van der Waals surface area contributed by atoms with E-state index in [2.05, 4.69) is 25.9 Å². The van der Waals surface area contributed by atoms with Crippen LogP contribution in [0.5, 0.6) is 0 Å². The number of carbonyl (C=O) groups is 2. The molecule has 1 N–H and O–H groups in total. The molecule has 1 saturated carbocycles. The molecule has 2 fully saturated rings. The molecule has 34 heavy (non-hydrogen) atoms. The Bertz CT molecular complexity index is 1280. The van der Waals surface area contributed by atoms with Crippen molar-refractivity contribution in [3.8, 4) is 11.3 Å². The molecule has 6 rings (SSSR count). The number of hydrogen-bond donors (Lipinski definition) is 1. The third-order valence-electron chi connectivity index (χ3n) is 6.90. The van der Waals surface area contributed by atoms with Crippen LogP contribution in [-0.2, 0) is 10.2 Å². The van der Waals surface area contributed by atoms with E-state index in [9.17, 15) is 14.7 Å². The van der Waals surface area contributed by atoms with Gasteiger partial charge in [-0.2, -0.15) is 0 Å². The molecular weight excluding hydrogens is 434 g/mol. The zero-order valence-electron chi connectivity index (χ0n) is 18.5. The maximum Gasteiger partial charge on any atom is 0.335 e. The third kappa shape index (κ3) is 3.49. The molecule has 1 spiro atoms. The van der Waals surface area contributed by atoms with Gasteiger partial charge in [-0.15, -0.1) is 0 Å². The lowest BCUT2D eigenvalue weighted by atomic mass is 9.97. The maximum atomic E-state index is 13.1. The second-order valence-electron chi connectivity index (χ2n) is 9.01. The van der Waals surface area contributed by atoms with E-state index in [1.165, 1.54) is 23.9 Å². The van der Waals surface area contributed by atoms with Crippen molar-refractivity contribution in [2.75, 3.05) is 37.7 Å². The lowest BCUT2D eigenvalue weighted by Crippen LogP contribution is -2.40. The van der Waals surface area contributed by atoms with Crippen molar-refractivity contribution in [1.29, 1.82) is 0 Å². The molecule has 3 aliphatic rings. The van der Waals surface area contributed by atoms with Gasteiger partial charge in [0.1, 0.15) is 0 Å². The van der Waals surface area contributed by atoms with Crippen LogP contribution in [-0.4, -0.2) is 69.7 Å². The molecule has 1 amide bonds. The van der Waals surface area contributed by atoms with Crippen LogP contribution in [0.4, 0.5) is 11.6 Å². The Labute approximate surface area is 196 Å². The molecule has 9 nitrogen and oxygen atoms in total. The molecule has 172 valence electrons. The van der Waals surface area contributed by atoms with Gasteiger partial charge in [0.15, 0.2) is 0 Å². The van der Waals surface area contributed by atoms with Crippen molar-refractivity contribution < 1.29 is 19.4 Å². The summed E-state index contributed by atoms with van der Waals surface area (Å²) in [5.41, 5.74) is 4.30. The van der Waals surface area contributed by atoms with Gasteiger partial charge < -0.3 is 19.6 Å². The zero-order valence-corrected chi connectivity index (χ0v) is 18.5. The summed E-state index contributed by atoms with van der Waals surface area (Å²) in [7, 11) is 0. The smallest absolute Gasteiger partial charge is 0.335 e. The average molecular weight is 457 g/mol.